The maximum atomic E-state index is 10.7. The van der Waals surface area contributed by atoms with E-state index < -0.39 is 15.6 Å². The number of nitrogens with one attached hydrogen (secondary N) is 2. The monoisotopic (exact) mass is 476 g/mol. The first-order valence-corrected chi connectivity index (χ1v) is 10.8. The molecule has 31 heavy (non-hydrogen) atoms. The number of ether oxygens (including phenoxy) is 1. The Hall–Kier alpha value is -2.55. The Bertz CT molecular complexity index is 1010. The summed E-state index contributed by atoms with van der Waals surface area (Å²) >= 11 is 5.11. The fourth-order valence-electron chi connectivity index (χ4n) is 2.63. The Balaban J connectivity index is 0.000000512. The van der Waals surface area contributed by atoms with Crippen molar-refractivity contribution in [2.45, 2.75) is 38.2 Å². The zero-order valence-electron chi connectivity index (χ0n) is 17.1. The van der Waals surface area contributed by atoms with Crippen molar-refractivity contribution >= 4 is 45.0 Å². The molecule has 1 heterocycles. The van der Waals surface area contributed by atoms with Gasteiger partial charge in [0, 0.05) is 17.8 Å². The highest BCUT2D eigenvalue weighted by molar-refractivity contribution is 7.86. The molecule has 1 atom stereocenters. The molecule has 0 saturated carbocycles. The lowest BCUT2D eigenvalue weighted by Gasteiger charge is -2.33. The van der Waals surface area contributed by atoms with Gasteiger partial charge in [-0.25, -0.2) is 0 Å². The van der Waals surface area contributed by atoms with Crippen LogP contribution >= 0.6 is 12.2 Å². The van der Waals surface area contributed by atoms with Gasteiger partial charge in [0.15, 0.2) is 0 Å². The molecule has 0 bridgehead atoms. The van der Waals surface area contributed by atoms with E-state index in [4.69, 9.17) is 36.3 Å². The average Bonchev–Trinajstić information content (AvgIpc) is 2.60. The second-order valence-electron chi connectivity index (χ2n) is 6.67. The van der Waals surface area contributed by atoms with Crippen molar-refractivity contribution in [1.29, 1.82) is 0 Å². The van der Waals surface area contributed by atoms with Crippen LogP contribution in [0.25, 0.3) is 6.08 Å². The average molecular weight is 477 g/mol. The van der Waals surface area contributed by atoms with Gasteiger partial charge in [-0.1, -0.05) is 23.8 Å². The molecule has 0 fully saturated rings. The van der Waals surface area contributed by atoms with Gasteiger partial charge in [-0.15, -0.1) is 12.3 Å². The summed E-state index contributed by atoms with van der Waals surface area (Å²) in [6.07, 6.45) is 12.5. The highest BCUT2D eigenvalue weighted by Gasteiger charge is 2.44. The minimum Gasteiger partial charge on any atom is -0.471 e. The molecule has 6 nitrogen and oxygen atoms in total. The molecule has 0 aliphatic carbocycles. The third-order valence-corrected chi connectivity index (χ3v) is 4.54. The van der Waals surface area contributed by atoms with E-state index in [1.807, 2.05) is 25.1 Å². The molecule has 0 radical (unpaired) electrons. The Morgan fingerprint density at radius 3 is 2.52 bits per heavy atom. The number of rotatable bonds is 4. The lowest BCUT2D eigenvalue weighted by Crippen LogP contribution is -2.35. The number of benzene rings is 1. The van der Waals surface area contributed by atoms with E-state index in [1.54, 1.807) is 0 Å². The minimum atomic E-state index is -5.84. The lowest BCUT2D eigenvalue weighted by molar-refractivity contribution is -0.0510. The molecule has 1 unspecified atom stereocenters. The lowest BCUT2D eigenvalue weighted by atomic mass is 9.88. The van der Waals surface area contributed by atoms with Crippen molar-refractivity contribution < 1.29 is 30.9 Å². The summed E-state index contributed by atoms with van der Waals surface area (Å²) in [6.45, 7) is 6.60. The number of thiocarbonyl (C=S) groups is 1. The SMILES string of the molecule is C#CCC1(C=C(C)C)C=Cc2cc(NC(=S)OCC)ccc2N1.O=S(=O)(O)C(F)(F)F. The van der Waals surface area contributed by atoms with Crippen LogP contribution in [-0.4, -0.2) is 35.8 Å². The molecule has 2 rings (SSSR count). The quantitative estimate of drug-likeness (QED) is 0.186. The molecule has 1 aliphatic heterocycles. The molecule has 1 aromatic rings. The molecule has 1 aromatic carbocycles. The molecular weight excluding hydrogens is 453 g/mol. The third kappa shape index (κ3) is 8.24. The van der Waals surface area contributed by atoms with Crippen LogP contribution < -0.4 is 10.6 Å². The third-order valence-electron chi connectivity index (χ3n) is 3.73. The van der Waals surface area contributed by atoms with Gasteiger partial charge in [0.25, 0.3) is 5.17 Å². The van der Waals surface area contributed by atoms with E-state index in [1.165, 1.54) is 5.57 Å². The number of anilines is 2. The fourth-order valence-corrected chi connectivity index (χ4v) is 2.87. The van der Waals surface area contributed by atoms with Crippen molar-refractivity contribution in [3.05, 3.63) is 41.5 Å². The fraction of sp³-hybridized carbons (Fsp3) is 0.350. The highest BCUT2D eigenvalue weighted by atomic mass is 32.2. The van der Waals surface area contributed by atoms with Gasteiger partial charge in [-0.2, -0.15) is 21.6 Å². The summed E-state index contributed by atoms with van der Waals surface area (Å²) < 4.78 is 62.8. The molecule has 0 saturated heterocycles. The van der Waals surface area contributed by atoms with Gasteiger partial charge in [0.05, 0.1) is 12.1 Å². The van der Waals surface area contributed by atoms with Crippen molar-refractivity contribution in [3.8, 4) is 12.3 Å². The second kappa shape index (κ2) is 10.7. The number of alkyl halides is 3. The maximum Gasteiger partial charge on any atom is 0.522 e. The number of allylic oxidation sites excluding steroid dienone is 1. The van der Waals surface area contributed by atoms with Crippen molar-refractivity contribution in [2.24, 2.45) is 0 Å². The van der Waals surface area contributed by atoms with E-state index in [0.29, 0.717) is 18.2 Å². The number of fused-ring (bicyclic) bond motifs is 1. The first-order valence-electron chi connectivity index (χ1n) is 8.91. The van der Waals surface area contributed by atoms with Crippen LogP contribution in [-0.2, 0) is 14.9 Å². The zero-order chi connectivity index (χ0) is 23.9. The van der Waals surface area contributed by atoms with Crippen LogP contribution in [0.2, 0.25) is 0 Å². The summed E-state index contributed by atoms with van der Waals surface area (Å²) in [5, 5.41) is 7.01. The van der Waals surface area contributed by atoms with Gasteiger partial charge in [0.1, 0.15) is 0 Å². The van der Waals surface area contributed by atoms with E-state index in [9.17, 15) is 13.2 Å². The van der Waals surface area contributed by atoms with Crippen molar-refractivity contribution in [3.63, 3.8) is 0 Å². The van der Waals surface area contributed by atoms with E-state index in [-0.39, 0.29) is 5.54 Å². The molecule has 170 valence electrons. The smallest absolute Gasteiger partial charge is 0.471 e. The molecule has 0 amide bonds. The summed E-state index contributed by atoms with van der Waals surface area (Å²) in [4.78, 5) is 0. The first-order chi connectivity index (χ1) is 14.2. The van der Waals surface area contributed by atoms with Crippen LogP contribution in [0.3, 0.4) is 0 Å². The predicted molar refractivity (Wildman–Crippen MR) is 120 cm³/mol. The summed E-state index contributed by atoms with van der Waals surface area (Å²) in [5.74, 6) is 2.76. The number of halogens is 3. The summed E-state index contributed by atoms with van der Waals surface area (Å²) in [5.41, 5.74) is -1.60. The van der Waals surface area contributed by atoms with Crippen molar-refractivity contribution in [1.82, 2.24) is 0 Å². The second-order valence-corrected chi connectivity index (χ2v) is 8.45. The Morgan fingerprint density at radius 2 is 2.03 bits per heavy atom. The zero-order valence-corrected chi connectivity index (χ0v) is 18.7. The van der Waals surface area contributed by atoms with Crippen LogP contribution in [0.15, 0.2) is 35.9 Å². The number of hydrogen-bond donors (Lipinski definition) is 3. The minimum absolute atomic E-state index is 0.323. The van der Waals surface area contributed by atoms with Gasteiger partial charge in [-0.05, 0) is 56.8 Å². The number of terminal acetylenes is 1. The molecular formula is C20H23F3N2O4S2. The Morgan fingerprint density at radius 1 is 1.42 bits per heavy atom. The Kier molecular flexibility index (Phi) is 9.10. The van der Waals surface area contributed by atoms with Crippen LogP contribution in [0.5, 0.6) is 0 Å². The van der Waals surface area contributed by atoms with Gasteiger partial charge >= 0.3 is 15.6 Å². The molecule has 1 aliphatic rings. The maximum absolute atomic E-state index is 10.7. The van der Waals surface area contributed by atoms with Crippen LogP contribution in [0, 0.1) is 12.3 Å². The summed E-state index contributed by atoms with van der Waals surface area (Å²) in [7, 11) is -5.84. The molecule has 11 heteroatoms. The molecule has 0 spiro atoms. The first kappa shape index (κ1) is 26.5. The van der Waals surface area contributed by atoms with Gasteiger partial charge in [-0.3, -0.25) is 4.55 Å². The number of hydrogen-bond acceptors (Lipinski definition) is 5. The molecule has 0 aromatic heterocycles. The summed E-state index contributed by atoms with van der Waals surface area (Å²) in [6, 6.07) is 6.03. The van der Waals surface area contributed by atoms with Gasteiger partial charge < -0.3 is 15.4 Å². The molecule has 3 N–H and O–H groups in total. The van der Waals surface area contributed by atoms with E-state index in [0.717, 1.165) is 16.9 Å². The Labute approximate surface area is 185 Å². The van der Waals surface area contributed by atoms with E-state index in [2.05, 4.69) is 48.6 Å². The predicted octanol–water partition coefficient (Wildman–Crippen LogP) is 4.98. The highest BCUT2D eigenvalue weighted by Crippen LogP contribution is 2.33. The topological polar surface area (TPSA) is 87.7 Å². The van der Waals surface area contributed by atoms with E-state index >= 15 is 0 Å². The van der Waals surface area contributed by atoms with Gasteiger partial charge in [0.2, 0.25) is 0 Å². The van der Waals surface area contributed by atoms with Crippen LogP contribution in [0.1, 0.15) is 32.8 Å². The standard InChI is InChI=1S/C19H22N2OS.CHF3O3S/c1-5-10-19(13-14(3)4)11-9-15-12-16(7-8-17(15)21-19)20-18(23)22-6-2;2-1(3,4)8(5,6)7/h1,7-9,11-13,21H,6,10H2,2-4H3,(H,20,23);(H,5,6,7). The van der Waals surface area contributed by atoms with Crippen LogP contribution in [0.4, 0.5) is 24.5 Å². The largest absolute Gasteiger partial charge is 0.522 e. The normalized spacial score (nSPS) is 17.1. The van der Waals surface area contributed by atoms with Crippen molar-refractivity contribution in [2.75, 3.05) is 17.2 Å².